The number of ether oxygens (including phenoxy) is 2. The predicted molar refractivity (Wildman–Crippen MR) is 76.8 cm³/mol. The van der Waals surface area contributed by atoms with Crippen molar-refractivity contribution >= 4 is 11.9 Å². The van der Waals surface area contributed by atoms with Crippen LogP contribution in [-0.2, 0) is 19.1 Å². The number of hydrogen-bond acceptors (Lipinski definition) is 6. The van der Waals surface area contributed by atoms with Crippen LogP contribution in [0.25, 0.3) is 0 Å². The Kier molecular flexibility index (Phi) is 4.80. The third-order valence-electron chi connectivity index (χ3n) is 3.65. The fourth-order valence-corrected chi connectivity index (χ4v) is 2.43. The highest BCUT2D eigenvalue weighted by atomic mass is 16.5. The van der Waals surface area contributed by atoms with Crippen LogP contribution in [-0.4, -0.2) is 58.8 Å². The molecule has 1 aliphatic heterocycles. The smallest absolute Gasteiger partial charge is 0.306 e. The van der Waals surface area contributed by atoms with Gasteiger partial charge in [-0.25, -0.2) is 4.98 Å². The molecule has 22 heavy (non-hydrogen) atoms. The second-order valence-electron chi connectivity index (χ2n) is 6.03. The van der Waals surface area contributed by atoms with Crippen LogP contribution in [0.1, 0.15) is 38.0 Å². The normalized spacial score (nSPS) is 19.1. The first-order valence-electron chi connectivity index (χ1n) is 7.20. The lowest BCUT2D eigenvalue weighted by Crippen LogP contribution is -2.48. The first-order valence-corrected chi connectivity index (χ1v) is 7.20. The van der Waals surface area contributed by atoms with Crippen LogP contribution >= 0.6 is 0 Å². The summed E-state index contributed by atoms with van der Waals surface area (Å²) >= 11 is 0. The molecule has 122 valence electrons. The summed E-state index contributed by atoms with van der Waals surface area (Å²) < 4.78 is 10.3. The van der Waals surface area contributed by atoms with Crippen molar-refractivity contribution in [3.8, 4) is 0 Å². The number of nitrogens with one attached hydrogen (secondary N) is 1. The number of aromatic amines is 1. The highest BCUT2D eigenvalue weighted by Gasteiger charge is 2.37. The molecule has 1 saturated heterocycles. The quantitative estimate of drug-likeness (QED) is 0.818. The predicted octanol–water partition coefficient (Wildman–Crippen LogP) is 0.602. The van der Waals surface area contributed by atoms with Gasteiger partial charge in [0, 0.05) is 6.54 Å². The van der Waals surface area contributed by atoms with Crippen LogP contribution < -0.4 is 0 Å². The topological polar surface area (TPSA) is 97.4 Å². The van der Waals surface area contributed by atoms with Crippen molar-refractivity contribution in [3.63, 3.8) is 0 Å². The monoisotopic (exact) mass is 310 g/mol. The van der Waals surface area contributed by atoms with Crippen LogP contribution in [0.5, 0.6) is 0 Å². The number of amides is 1. The first-order chi connectivity index (χ1) is 10.3. The van der Waals surface area contributed by atoms with E-state index < -0.39 is 11.4 Å². The standard InChI is InChI=1S/C14H22N4O4/c1-9-15-12(17-16-9)10-8-18(5-6-22-10)13(20)14(2,3)7-11(19)21-4/h10H,5-8H2,1-4H3,(H,15,16,17)/t10-/m1/s1. The van der Waals surface area contributed by atoms with E-state index in [1.165, 1.54) is 7.11 Å². The maximum absolute atomic E-state index is 12.7. The Morgan fingerprint density at radius 3 is 2.82 bits per heavy atom. The summed E-state index contributed by atoms with van der Waals surface area (Å²) in [6.45, 7) is 6.57. The maximum atomic E-state index is 12.7. The summed E-state index contributed by atoms with van der Waals surface area (Å²) in [7, 11) is 1.32. The molecule has 2 rings (SSSR count). The SMILES string of the molecule is COC(=O)CC(C)(C)C(=O)N1CCO[C@@H](c2n[nH]c(C)n2)C1. The Bertz CT molecular complexity index is 555. The Balaban J connectivity index is 2.05. The molecule has 1 N–H and O–H groups in total. The molecule has 2 heterocycles. The largest absolute Gasteiger partial charge is 0.469 e. The van der Waals surface area contributed by atoms with E-state index in [1.54, 1.807) is 18.7 Å². The van der Waals surface area contributed by atoms with Crippen molar-refractivity contribution in [1.29, 1.82) is 0 Å². The number of nitrogens with zero attached hydrogens (tertiary/aromatic N) is 3. The van der Waals surface area contributed by atoms with E-state index in [0.29, 0.717) is 31.3 Å². The van der Waals surface area contributed by atoms with Crippen molar-refractivity contribution in [2.24, 2.45) is 5.41 Å². The van der Waals surface area contributed by atoms with E-state index in [0.717, 1.165) is 0 Å². The zero-order valence-electron chi connectivity index (χ0n) is 13.4. The van der Waals surface area contributed by atoms with Gasteiger partial charge in [-0.3, -0.25) is 14.7 Å². The highest BCUT2D eigenvalue weighted by molar-refractivity contribution is 5.86. The number of hydrogen-bond donors (Lipinski definition) is 1. The van der Waals surface area contributed by atoms with Crippen LogP contribution in [0.15, 0.2) is 0 Å². The Labute approximate surface area is 129 Å². The van der Waals surface area contributed by atoms with Gasteiger partial charge in [-0.2, -0.15) is 5.10 Å². The fraction of sp³-hybridized carbons (Fsp3) is 0.714. The number of aryl methyl sites for hydroxylation is 1. The Hall–Kier alpha value is -1.96. The molecule has 0 radical (unpaired) electrons. The van der Waals surface area contributed by atoms with Gasteiger partial charge in [0.25, 0.3) is 0 Å². The van der Waals surface area contributed by atoms with E-state index >= 15 is 0 Å². The molecule has 1 aliphatic rings. The average Bonchev–Trinajstić information content (AvgIpc) is 2.92. The third-order valence-corrected chi connectivity index (χ3v) is 3.65. The number of morpholine rings is 1. The van der Waals surface area contributed by atoms with Gasteiger partial charge in [-0.1, -0.05) is 13.8 Å². The summed E-state index contributed by atoms with van der Waals surface area (Å²) in [5.74, 6) is 0.750. The number of aromatic nitrogens is 3. The molecule has 0 saturated carbocycles. The van der Waals surface area contributed by atoms with Gasteiger partial charge in [0.15, 0.2) is 5.82 Å². The van der Waals surface area contributed by atoms with Gasteiger partial charge in [0.05, 0.1) is 32.1 Å². The summed E-state index contributed by atoms with van der Waals surface area (Å²) in [5.41, 5.74) is -0.816. The third kappa shape index (κ3) is 3.62. The van der Waals surface area contributed by atoms with Gasteiger partial charge in [-0.15, -0.1) is 0 Å². The van der Waals surface area contributed by atoms with Crippen molar-refractivity contribution in [2.45, 2.75) is 33.3 Å². The first kappa shape index (κ1) is 16.4. The number of carbonyl (C=O) groups is 2. The lowest BCUT2D eigenvalue weighted by Gasteiger charge is -2.36. The Morgan fingerprint density at radius 2 is 2.23 bits per heavy atom. The molecule has 1 fully saturated rings. The van der Waals surface area contributed by atoms with Gasteiger partial charge in [0.2, 0.25) is 5.91 Å². The van der Waals surface area contributed by atoms with Gasteiger partial charge in [0.1, 0.15) is 11.9 Å². The summed E-state index contributed by atoms with van der Waals surface area (Å²) in [6.07, 6.45) is -0.305. The van der Waals surface area contributed by atoms with Crippen molar-refractivity contribution < 1.29 is 19.1 Å². The van der Waals surface area contributed by atoms with Crippen molar-refractivity contribution in [1.82, 2.24) is 20.1 Å². The molecule has 0 aliphatic carbocycles. The second-order valence-corrected chi connectivity index (χ2v) is 6.03. The zero-order chi connectivity index (χ0) is 16.3. The molecular formula is C14H22N4O4. The number of rotatable bonds is 4. The number of esters is 1. The molecule has 1 atom stereocenters. The highest BCUT2D eigenvalue weighted by Crippen LogP contribution is 2.27. The van der Waals surface area contributed by atoms with Crippen LogP contribution in [0.4, 0.5) is 0 Å². The molecule has 1 aromatic heterocycles. The van der Waals surface area contributed by atoms with Crippen molar-refractivity contribution in [3.05, 3.63) is 11.6 Å². The zero-order valence-corrected chi connectivity index (χ0v) is 13.4. The van der Waals surface area contributed by atoms with Crippen molar-refractivity contribution in [2.75, 3.05) is 26.8 Å². The molecule has 0 bridgehead atoms. The minimum absolute atomic E-state index is 0.0458. The molecule has 1 amide bonds. The number of carbonyl (C=O) groups excluding carboxylic acids is 2. The molecular weight excluding hydrogens is 288 g/mol. The molecule has 0 aromatic carbocycles. The molecule has 8 nitrogen and oxygen atoms in total. The van der Waals surface area contributed by atoms with Gasteiger partial charge in [-0.05, 0) is 6.92 Å². The second kappa shape index (κ2) is 6.43. The Morgan fingerprint density at radius 1 is 1.50 bits per heavy atom. The summed E-state index contributed by atoms with van der Waals surface area (Å²) in [6, 6.07) is 0. The maximum Gasteiger partial charge on any atom is 0.306 e. The van der Waals surface area contributed by atoms with E-state index in [4.69, 9.17) is 4.74 Å². The summed E-state index contributed by atoms with van der Waals surface area (Å²) in [5, 5.41) is 6.85. The van der Waals surface area contributed by atoms with E-state index in [2.05, 4.69) is 19.9 Å². The van der Waals surface area contributed by atoms with E-state index in [9.17, 15) is 9.59 Å². The molecule has 1 aromatic rings. The minimum atomic E-state index is -0.816. The molecule has 0 unspecified atom stereocenters. The fourth-order valence-electron chi connectivity index (χ4n) is 2.43. The minimum Gasteiger partial charge on any atom is -0.469 e. The van der Waals surface area contributed by atoms with Crippen LogP contribution in [0.2, 0.25) is 0 Å². The molecule has 8 heteroatoms. The van der Waals surface area contributed by atoms with Crippen LogP contribution in [0, 0.1) is 12.3 Å². The number of H-pyrrole nitrogens is 1. The van der Waals surface area contributed by atoms with E-state index in [1.807, 2.05) is 6.92 Å². The van der Waals surface area contributed by atoms with Crippen LogP contribution in [0.3, 0.4) is 0 Å². The average molecular weight is 310 g/mol. The summed E-state index contributed by atoms with van der Waals surface area (Å²) in [4.78, 5) is 30.1. The molecule has 0 spiro atoms. The lowest BCUT2D eigenvalue weighted by atomic mass is 9.87. The van der Waals surface area contributed by atoms with Gasteiger partial charge < -0.3 is 14.4 Å². The van der Waals surface area contributed by atoms with E-state index in [-0.39, 0.29) is 18.4 Å². The number of methoxy groups -OCH3 is 1. The lowest BCUT2D eigenvalue weighted by molar-refractivity contribution is -0.155. The van der Waals surface area contributed by atoms with Gasteiger partial charge >= 0.3 is 5.97 Å².